The third kappa shape index (κ3) is 2.70. The van der Waals surface area contributed by atoms with Crippen molar-refractivity contribution < 1.29 is 17.9 Å². The van der Waals surface area contributed by atoms with E-state index < -0.39 is 23.1 Å². The van der Waals surface area contributed by atoms with E-state index in [4.69, 9.17) is 4.74 Å². The van der Waals surface area contributed by atoms with Crippen molar-refractivity contribution in [1.82, 2.24) is 4.98 Å². The Bertz CT molecular complexity index is 960. The van der Waals surface area contributed by atoms with E-state index in [0.717, 1.165) is 0 Å². The molecule has 3 aromatic rings. The molecule has 0 aliphatic rings. The van der Waals surface area contributed by atoms with E-state index in [1.165, 1.54) is 13.3 Å². The Balaban J connectivity index is 2.23. The highest BCUT2D eigenvalue weighted by molar-refractivity contribution is 5.96. The van der Waals surface area contributed by atoms with Crippen molar-refractivity contribution in [2.24, 2.45) is 0 Å². The number of anilines is 2. The van der Waals surface area contributed by atoms with Crippen LogP contribution in [0.4, 0.5) is 24.5 Å². The first kappa shape index (κ1) is 15.6. The molecule has 0 radical (unpaired) electrons. The summed E-state index contributed by atoms with van der Waals surface area (Å²) in [7, 11) is 1.47. The monoisotopic (exact) mass is 329 g/mol. The summed E-state index contributed by atoms with van der Waals surface area (Å²) in [5.74, 6) is -2.76. The fraction of sp³-hybridized carbons (Fsp3) is 0.0588. The molecule has 0 saturated heterocycles. The van der Waals surface area contributed by atoms with Crippen LogP contribution < -0.4 is 10.1 Å². The minimum Gasteiger partial charge on any atom is -0.497 e. The van der Waals surface area contributed by atoms with Crippen molar-refractivity contribution in [2.45, 2.75) is 0 Å². The molecule has 0 saturated carbocycles. The molecule has 3 rings (SSSR count). The van der Waals surface area contributed by atoms with E-state index in [0.29, 0.717) is 28.8 Å². The van der Waals surface area contributed by atoms with E-state index >= 15 is 0 Å². The molecule has 0 aliphatic heterocycles. The van der Waals surface area contributed by atoms with Crippen molar-refractivity contribution in [3.8, 4) is 11.8 Å². The van der Waals surface area contributed by atoms with Gasteiger partial charge in [-0.15, -0.1) is 0 Å². The van der Waals surface area contributed by atoms with E-state index in [9.17, 15) is 18.4 Å². The minimum absolute atomic E-state index is 0.0823. The van der Waals surface area contributed by atoms with Gasteiger partial charge in [0.15, 0.2) is 11.6 Å². The molecule has 0 amide bonds. The van der Waals surface area contributed by atoms with Crippen LogP contribution in [0.1, 0.15) is 5.56 Å². The summed E-state index contributed by atoms with van der Waals surface area (Å²) in [5.41, 5.74) is 0.188. The lowest BCUT2D eigenvalue weighted by Crippen LogP contribution is -2.02. The zero-order chi connectivity index (χ0) is 17.3. The summed E-state index contributed by atoms with van der Waals surface area (Å²) in [4.78, 5) is 4.12. The van der Waals surface area contributed by atoms with E-state index in [1.807, 2.05) is 6.07 Å². The van der Waals surface area contributed by atoms with Gasteiger partial charge in [0.1, 0.15) is 23.3 Å². The van der Waals surface area contributed by atoms with Crippen LogP contribution >= 0.6 is 0 Å². The Kier molecular flexibility index (Phi) is 3.96. The number of methoxy groups -OCH3 is 1. The smallest absolute Gasteiger partial charge is 0.152 e. The van der Waals surface area contributed by atoms with Gasteiger partial charge in [-0.2, -0.15) is 5.26 Å². The van der Waals surface area contributed by atoms with Crippen LogP contribution in [0.3, 0.4) is 0 Å². The molecule has 0 unspecified atom stereocenters. The fourth-order valence-electron chi connectivity index (χ4n) is 2.30. The fourth-order valence-corrected chi connectivity index (χ4v) is 2.30. The molecule has 0 aliphatic carbocycles. The molecule has 24 heavy (non-hydrogen) atoms. The van der Waals surface area contributed by atoms with Crippen LogP contribution in [-0.2, 0) is 0 Å². The molecule has 1 aromatic heterocycles. The van der Waals surface area contributed by atoms with Crippen LogP contribution in [0.5, 0.6) is 5.75 Å². The average Bonchev–Trinajstić information content (AvgIpc) is 2.57. The van der Waals surface area contributed by atoms with Gasteiger partial charge in [0.2, 0.25) is 0 Å². The summed E-state index contributed by atoms with van der Waals surface area (Å²) in [6.07, 6.45) is 1.29. The number of nitrogens with zero attached hydrogens (tertiary/aromatic N) is 2. The van der Waals surface area contributed by atoms with Gasteiger partial charge >= 0.3 is 0 Å². The topological polar surface area (TPSA) is 57.9 Å². The second kappa shape index (κ2) is 6.08. The first-order valence-corrected chi connectivity index (χ1v) is 6.82. The van der Waals surface area contributed by atoms with Crippen LogP contribution in [-0.4, -0.2) is 12.1 Å². The minimum atomic E-state index is -1.11. The highest BCUT2D eigenvalue weighted by Gasteiger charge is 2.16. The summed E-state index contributed by atoms with van der Waals surface area (Å²) in [6, 6.07) is 7.93. The lowest BCUT2D eigenvalue weighted by atomic mass is 10.1. The number of hydrogen-bond donors (Lipinski definition) is 1. The van der Waals surface area contributed by atoms with Crippen LogP contribution in [0, 0.1) is 28.8 Å². The van der Waals surface area contributed by atoms with Crippen LogP contribution in [0.25, 0.3) is 10.9 Å². The van der Waals surface area contributed by atoms with E-state index in [-0.39, 0.29) is 11.3 Å². The largest absolute Gasteiger partial charge is 0.497 e. The quantitative estimate of drug-likeness (QED) is 0.779. The number of rotatable bonds is 3. The maximum absolute atomic E-state index is 13.9. The number of nitriles is 1. The molecule has 2 aromatic carbocycles. The summed E-state index contributed by atoms with van der Waals surface area (Å²) in [5, 5.41) is 12.2. The van der Waals surface area contributed by atoms with Gasteiger partial charge in [-0.3, -0.25) is 4.98 Å². The molecule has 0 spiro atoms. The number of halogens is 3. The van der Waals surface area contributed by atoms with Crippen LogP contribution in [0.2, 0.25) is 0 Å². The molecule has 120 valence electrons. The maximum Gasteiger partial charge on any atom is 0.152 e. The van der Waals surface area contributed by atoms with Gasteiger partial charge in [0.25, 0.3) is 0 Å². The number of benzene rings is 2. The third-order valence-electron chi connectivity index (χ3n) is 3.45. The predicted molar refractivity (Wildman–Crippen MR) is 82.6 cm³/mol. The standard InChI is InChI=1S/C17H10F3N3O/c1-24-11-2-3-15-12(6-11)16(9(7-21)8-22-15)23-17-13(19)4-10(18)5-14(17)20/h2-6,8H,1H3,(H,22,23). The van der Waals surface area contributed by atoms with E-state index in [1.54, 1.807) is 18.2 Å². The second-order valence-corrected chi connectivity index (χ2v) is 4.91. The first-order valence-electron chi connectivity index (χ1n) is 6.82. The molecule has 0 atom stereocenters. The highest BCUT2D eigenvalue weighted by Crippen LogP contribution is 2.33. The van der Waals surface area contributed by atoms with Crippen molar-refractivity contribution in [1.29, 1.82) is 5.26 Å². The molecular formula is C17H10F3N3O. The molecule has 1 heterocycles. The number of pyridine rings is 1. The van der Waals surface area contributed by atoms with Gasteiger partial charge in [0.05, 0.1) is 23.9 Å². The van der Waals surface area contributed by atoms with Crippen molar-refractivity contribution in [3.05, 3.63) is 59.5 Å². The number of fused-ring (bicyclic) bond motifs is 1. The molecule has 1 N–H and O–H groups in total. The summed E-state index contributed by atoms with van der Waals surface area (Å²) < 4.78 is 46.0. The van der Waals surface area contributed by atoms with Gasteiger partial charge < -0.3 is 10.1 Å². The predicted octanol–water partition coefficient (Wildman–Crippen LogP) is 4.28. The first-order chi connectivity index (χ1) is 11.5. The Morgan fingerprint density at radius 3 is 2.42 bits per heavy atom. The lowest BCUT2D eigenvalue weighted by Gasteiger charge is -2.13. The van der Waals surface area contributed by atoms with Crippen molar-refractivity contribution >= 4 is 22.3 Å². The van der Waals surface area contributed by atoms with Gasteiger partial charge in [-0.05, 0) is 18.2 Å². The zero-order valence-corrected chi connectivity index (χ0v) is 12.4. The second-order valence-electron chi connectivity index (χ2n) is 4.91. The normalized spacial score (nSPS) is 10.5. The van der Waals surface area contributed by atoms with Gasteiger partial charge in [-0.1, -0.05) is 0 Å². The highest BCUT2D eigenvalue weighted by atomic mass is 19.1. The number of nitrogens with one attached hydrogen (secondary N) is 1. The van der Waals surface area contributed by atoms with Gasteiger partial charge in [-0.25, -0.2) is 13.2 Å². The molecule has 0 fully saturated rings. The van der Waals surface area contributed by atoms with Crippen LogP contribution in [0.15, 0.2) is 36.5 Å². The molecular weight excluding hydrogens is 319 g/mol. The third-order valence-corrected chi connectivity index (χ3v) is 3.45. The lowest BCUT2D eigenvalue weighted by molar-refractivity contribution is 0.415. The average molecular weight is 329 g/mol. The summed E-state index contributed by atoms with van der Waals surface area (Å²) >= 11 is 0. The molecule has 4 nitrogen and oxygen atoms in total. The Hall–Kier alpha value is -3.27. The maximum atomic E-state index is 13.9. The summed E-state index contributed by atoms with van der Waals surface area (Å²) in [6.45, 7) is 0. The van der Waals surface area contributed by atoms with Gasteiger partial charge in [0, 0.05) is 23.7 Å². The Morgan fingerprint density at radius 1 is 1.08 bits per heavy atom. The SMILES string of the molecule is COc1ccc2ncc(C#N)c(Nc3c(F)cc(F)cc3F)c2c1. The van der Waals surface area contributed by atoms with Crippen molar-refractivity contribution in [3.63, 3.8) is 0 Å². The number of ether oxygens (including phenoxy) is 1. The van der Waals surface area contributed by atoms with E-state index in [2.05, 4.69) is 10.3 Å². The molecule has 7 heteroatoms. The number of hydrogen-bond acceptors (Lipinski definition) is 4. The number of aromatic nitrogens is 1. The Labute approximate surface area is 135 Å². The Morgan fingerprint density at radius 2 is 1.79 bits per heavy atom. The molecule has 0 bridgehead atoms. The zero-order valence-electron chi connectivity index (χ0n) is 12.4. The van der Waals surface area contributed by atoms with Crippen molar-refractivity contribution in [2.75, 3.05) is 12.4 Å².